The van der Waals surface area contributed by atoms with E-state index >= 15 is 0 Å². The number of carbonyl (C=O) groups excluding carboxylic acids is 1. The summed E-state index contributed by atoms with van der Waals surface area (Å²) in [7, 11) is 0. The summed E-state index contributed by atoms with van der Waals surface area (Å²) in [5, 5.41) is 121. The highest BCUT2D eigenvalue weighted by Gasteiger charge is 2.54. The first-order valence-corrected chi connectivity index (χ1v) is 38.7. The molecule has 0 saturated carbocycles. The van der Waals surface area contributed by atoms with Crippen molar-refractivity contribution in [3.05, 3.63) is 72.9 Å². The lowest BCUT2D eigenvalue weighted by Crippen LogP contribution is -2.66. The molecule has 97 heavy (non-hydrogen) atoms. The highest BCUT2D eigenvalue weighted by molar-refractivity contribution is 5.76. The van der Waals surface area contributed by atoms with Gasteiger partial charge in [0.1, 0.15) is 73.2 Å². The standard InChI is InChI=1S/C78H139NO18/c1-3-5-7-9-11-13-15-17-19-21-23-25-27-29-30-32-34-36-38-40-42-44-46-48-50-52-54-56-66(84)79-61(62(83)55-53-51-49-47-45-43-41-39-37-35-33-31-28-26-24-22-20-18-16-14-12-10-8-6-4-2)60-92-76-72(90)69(87)74(64(58-81)94-76)97-78-73(91)70(88)75(65(59-82)95-78)96-77-71(89)68(86)67(85)63(57-80)93-77/h5,7,11,13,17,19,23,25,29-30,34,36,61-65,67-78,80-83,85-91H,3-4,6,8-10,12,14-16,18,20-22,24,26-28,31-33,35,37-60H2,1-2H3,(H,79,84)/b7-5-,13-11-,19-17-,25-23-,30-29-,36-34-. The van der Waals surface area contributed by atoms with Gasteiger partial charge in [0.25, 0.3) is 0 Å². The third-order valence-corrected chi connectivity index (χ3v) is 19.0. The van der Waals surface area contributed by atoms with Crippen LogP contribution in [0.4, 0.5) is 0 Å². The quantitative estimate of drug-likeness (QED) is 0.0199. The first-order valence-electron chi connectivity index (χ1n) is 38.7. The normalized spacial score (nSPS) is 27.3. The molecule has 0 aliphatic carbocycles. The van der Waals surface area contributed by atoms with E-state index in [4.69, 9.17) is 28.4 Å². The van der Waals surface area contributed by atoms with Gasteiger partial charge >= 0.3 is 0 Å². The van der Waals surface area contributed by atoms with Crippen molar-refractivity contribution in [1.29, 1.82) is 0 Å². The largest absolute Gasteiger partial charge is 0.394 e. The Morgan fingerprint density at radius 3 is 1.11 bits per heavy atom. The molecule has 0 aromatic rings. The Kier molecular flexibility index (Phi) is 53.5. The van der Waals surface area contributed by atoms with E-state index in [0.29, 0.717) is 12.8 Å². The summed E-state index contributed by atoms with van der Waals surface area (Å²) < 4.78 is 34.5. The number of allylic oxidation sites excluding steroid dienone is 12. The van der Waals surface area contributed by atoms with Crippen molar-refractivity contribution in [2.45, 2.75) is 388 Å². The molecule has 0 bridgehead atoms. The van der Waals surface area contributed by atoms with Crippen molar-refractivity contribution in [2.24, 2.45) is 0 Å². The summed E-state index contributed by atoms with van der Waals surface area (Å²) >= 11 is 0. The van der Waals surface area contributed by atoms with Crippen LogP contribution in [0.2, 0.25) is 0 Å². The van der Waals surface area contributed by atoms with Crippen molar-refractivity contribution in [2.75, 3.05) is 26.4 Å². The average Bonchev–Trinajstić information content (AvgIpc) is 0.790. The van der Waals surface area contributed by atoms with Gasteiger partial charge in [-0.1, -0.05) is 286 Å². The van der Waals surface area contributed by atoms with Crippen molar-refractivity contribution in [3.8, 4) is 0 Å². The molecular weight excluding hydrogens is 1240 g/mol. The monoisotopic (exact) mass is 1380 g/mol. The van der Waals surface area contributed by atoms with Gasteiger partial charge in [0.2, 0.25) is 5.91 Å². The zero-order valence-corrected chi connectivity index (χ0v) is 60.0. The van der Waals surface area contributed by atoms with E-state index in [9.17, 15) is 61.0 Å². The van der Waals surface area contributed by atoms with Crippen LogP contribution < -0.4 is 5.32 Å². The average molecular weight is 1380 g/mol. The van der Waals surface area contributed by atoms with Crippen LogP contribution in [0.3, 0.4) is 0 Å². The molecule has 0 aromatic heterocycles. The number of nitrogens with one attached hydrogen (secondary N) is 1. The number of aliphatic hydroxyl groups is 11. The van der Waals surface area contributed by atoms with Crippen LogP contribution in [0.1, 0.15) is 284 Å². The van der Waals surface area contributed by atoms with E-state index in [1.807, 2.05) is 0 Å². The van der Waals surface area contributed by atoms with E-state index < -0.39 is 124 Å². The molecule has 1 amide bonds. The second kappa shape index (κ2) is 58.7. The van der Waals surface area contributed by atoms with E-state index in [-0.39, 0.29) is 18.9 Å². The van der Waals surface area contributed by atoms with Crippen LogP contribution in [0, 0.1) is 0 Å². The second-order valence-corrected chi connectivity index (χ2v) is 27.4. The Bertz CT molecular complexity index is 2040. The fraction of sp³-hybridized carbons (Fsp3) is 0.833. The maximum atomic E-state index is 13.5. The lowest BCUT2D eigenvalue weighted by Gasteiger charge is -2.48. The Labute approximate surface area is 585 Å². The molecule has 3 rings (SSSR count). The number of aliphatic hydroxyl groups excluding tert-OH is 11. The molecule has 3 saturated heterocycles. The van der Waals surface area contributed by atoms with Gasteiger partial charge in [-0.15, -0.1) is 0 Å². The summed E-state index contributed by atoms with van der Waals surface area (Å²) in [5.74, 6) is -0.251. The predicted molar refractivity (Wildman–Crippen MR) is 383 cm³/mol. The van der Waals surface area contributed by atoms with Crippen molar-refractivity contribution < 1.29 is 89.4 Å². The van der Waals surface area contributed by atoms with Gasteiger partial charge in [0, 0.05) is 6.42 Å². The maximum Gasteiger partial charge on any atom is 0.220 e. The number of hydrogen-bond acceptors (Lipinski definition) is 18. The van der Waals surface area contributed by atoms with Crippen LogP contribution in [0.15, 0.2) is 72.9 Å². The van der Waals surface area contributed by atoms with Gasteiger partial charge in [-0.25, -0.2) is 0 Å². The molecule has 0 spiro atoms. The van der Waals surface area contributed by atoms with Crippen LogP contribution in [-0.2, 0) is 33.2 Å². The van der Waals surface area contributed by atoms with Gasteiger partial charge in [0.05, 0.1) is 38.6 Å². The van der Waals surface area contributed by atoms with Gasteiger partial charge in [-0.05, 0) is 64.2 Å². The van der Waals surface area contributed by atoms with Crippen molar-refractivity contribution in [3.63, 3.8) is 0 Å². The topological polar surface area (TPSA) is 307 Å². The lowest BCUT2D eigenvalue weighted by molar-refractivity contribution is -0.379. The lowest BCUT2D eigenvalue weighted by atomic mass is 9.96. The van der Waals surface area contributed by atoms with Crippen LogP contribution in [0.25, 0.3) is 0 Å². The summed E-state index contributed by atoms with van der Waals surface area (Å²) in [6, 6.07) is -0.898. The van der Waals surface area contributed by atoms with Crippen molar-refractivity contribution >= 4 is 5.91 Å². The minimum atomic E-state index is -1.98. The molecule has 3 aliphatic rings. The summed E-state index contributed by atoms with van der Waals surface area (Å²) in [4.78, 5) is 13.5. The molecule has 3 fully saturated rings. The highest BCUT2D eigenvalue weighted by atomic mass is 16.8. The van der Waals surface area contributed by atoms with Gasteiger partial charge < -0.3 is 89.9 Å². The molecule has 3 heterocycles. The zero-order valence-electron chi connectivity index (χ0n) is 60.0. The minimum Gasteiger partial charge on any atom is -0.394 e. The predicted octanol–water partition coefficient (Wildman–Crippen LogP) is 12.1. The third-order valence-electron chi connectivity index (χ3n) is 19.0. The summed E-state index contributed by atoms with van der Waals surface area (Å²) in [5.41, 5.74) is 0. The number of amides is 1. The fourth-order valence-corrected chi connectivity index (χ4v) is 12.8. The molecule has 17 atom stereocenters. The number of carbonyl (C=O) groups is 1. The number of ether oxygens (including phenoxy) is 6. The minimum absolute atomic E-state index is 0.251. The fourth-order valence-electron chi connectivity index (χ4n) is 12.8. The third kappa shape index (κ3) is 39.5. The molecule has 19 heteroatoms. The first kappa shape index (κ1) is 88.4. The smallest absolute Gasteiger partial charge is 0.220 e. The number of unbranched alkanes of at least 4 members (excludes halogenated alkanes) is 32. The van der Waals surface area contributed by atoms with Crippen LogP contribution in [-0.4, -0.2) is 193 Å². The summed E-state index contributed by atoms with van der Waals surface area (Å²) in [6.45, 7) is 1.71. The molecule has 19 nitrogen and oxygen atoms in total. The second-order valence-electron chi connectivity index (χ2n) is 27.4. The van der Waals surface area contributed by atoms with Gasteiger partial charge in [0.15, 0.2) is 18.9 Å². The number of rotatable bonds is 60. The zero-order chi connectivity index (χ0) is 70.4. The van der Waals surface area contributed by atoms with Gasteiger partial charge in [-0.3, -0.25) is 4.79 Å². The molecule has 564 valence electrons. The van der Waals surface area contributed by atoms with Crippen LogP contribution >= 0.6 is 0 Å². The molecule has 0 aromatic carbocycles. The Morgan fingerprint density at radius 1 is 0.381 bits per heavy atom. The Hall–Kier alpha value is -2.77. The summed E-state index contributed by atoms with van der Waals surface area (Å²) in [6.07, 6.45) is 48.3. The van der Waals surface area contributed by atoms with Gasteiger partial charge in [-0.2, -0.15) is 0 Å². The van der Waals surface area contributed by atoms with E-state index in [1.165, 1.54) is 154 Å². The first-order chi connectivity index (χ1) is 47.3. The molecule has 3 aliphatic heterocycles. The highest BCUT2D eigenvalue weighted by Crippen LogP contribution is 2.33. The van der Waals surface area contributed by atoms with Crippen molar-refractivity contribution in [1.82, 2.24) is 5.32 Å². The van der Waals surface area contributed by atoms with E-state index in [1.54, 1.807) is 0 Å². The molecule has 0 radical (unpaired) electrons. The number of hydrogen-bond donors (Lipinski definition) is 12. The molecule has 12 N–H and O–H groups in total. The maximum absolute atomic E-state index is 13.5. The molecule has 17 unspecified atom stereocenters. The Balaban J connectivity index is 1.40. The van der Waals surface area contributed by atoms with E-state index in [0.717, 1.165) is 96.3 Å². The van der Waals surface area contributed by atoms with E-state index in [2.05, 4.69) is 92.1 Å². The Morgan fingerprint density at radius 2 is 0.711 bits per heavy atom. The SMILES string of the molecule is CC/C=C\C/C=C\C/C=C\C/C=C\C/C=C\C/C=C\CCCCCCCCCCC(=O)NC(COC1OC(CO)C(OC2OC(CO)C(OC3OC(CO)C(O)C(O)C3O)C(O)C2O)C(O)C1O)C(O)CCCCCCCCCCCCCCCCCCCCCCCCCCC. The van der Waals surface area contributed by atoms with Crippen LogP contribution in [0.5, 0.6) is 0 Å². The molecular formula is C78H139NO18.